The summed E-state index contributed by atoms with van der Waals surface area (Å²) in [4.78, 5) is 27.2. The summed E-state index contributed by atoms with van der Waals surface area (Å²) in [5.41, 5.74) is 1.40. The number of Topliss-reactive ketones (excluding diaryl/α,β-unsaturated/α-hetero) is 1. The smallest absolute Gasteiger partial charge is 0.226 e. The summed E-state index contributed by atoms with van der Waals surface area (Å²) in [5.74, 6) is 0.0164. The molecule has 1 amide bonds. The molecule has 0 spiro atoms. The average molecular weight is 510 g/mol. The van der Waals surface area contributed by atoms with Crippen molar-refractivity contribution in [3.63, 3.8) is 0 Å². The van der Waals surface area contributed by atoms with Gasteiger partial charge < -0.3 is 13.8 Å². The topological polar surface area (TPSA) is 73.7 Å². The minimum absolute atomic E-state index is 0.0332. The molecule has 0 N–H and O–H groups in total. The molecular weight excluding hydrogens is 462 g/mol. The number of rotatable bonds is 10. The number of carbonyl (C=O) groups excluding carboxylic acids is 2. The summed E-state index contributed by atoms with van der Waals surface area (Å²) in [6.07, 6.45) is 0.330. The van der Waals surface area contributed by atoms with E-state index in [4.69, 9.17) is 8.85 Å². The Bertz CT molecular complexity index is 897. The highest BCUT2D eigenvalue weighted by Gasteiger charge is 2.45. The molecule has 7 nitrogen and oxygen atoms in total. The molecule has 0 bridgehead atoms. The van der Waals surface area contributed by atoms with Crippen LogP contribution in [0.2, 0.25) is 36.3 Å². The van der Waals surface area contributed by atoms with Gasteiger partial charge in [-0.15, -0.1) is 0 Å². The van der Waals surface area contributed by atoms with Crippen molar-refractivity contribution < 1.29 is 18.4 Å². The van der Waals surface area contributed by atoms with Gasteiger partial charge in [0.2, 0.25) is 5.91 Å². The van der Waals surface area contributed by atoms with Crippen LogP contribution in [-0.2, 0) is 20.2 Å². The van der Waals surface area contributed by atoms with Crippen LogP contribution < -0.4 is 0 Å². The number of ketones is 1. The second kappa shape index (κ2) is 9.99. The molecule has 0 aromatic carbocycles. The van der Waals surface area contributed by atoms with Crippen molar-refractivity contribution >= 4 is 28.3 Å². The zero-order chi connectivity index (χ0) is 26.3. The molecule has 0 aliphatic carbocycles. The van der Waals surface area contributed by atoms with Gasteiger partial charge in [-0.1, -0.05) is 41.5 Å². The van der Waals surface area contributed by atoms with Crippen molar-refractivity contribution in [3.05, 3.63) is 17.5 Å². The predicted octanol–water partition coefficient (Wildman–Crippen LogP) is 5.75. The fraction of sp³-hybridized carbons (Fsp3) is 0.800. The molecule has 1 fully saturated rings. The molecule has 34 heavy (non-hydrogen) atoms. The lowest BCUT2D eigenvalue weighted by Gasteiger charge is -2.48. The highest BCUT2D eigenvalue weighted by Crippen LogP contribution is 2.39. The van der Waals surface area contributed by atoms with Crippen molar-refractivity contribution in [1.82, 2.24) is 14.7 Å². The van der Waals surface area contributed by atoms with E-state index in [1.54, 1.807) is 4.90 Å². The Morgan fingerprint density at radius 1 is 1.12 bits per heavy atom. The van der Waals surface area contributed by atoms with E-state index in [1.807, 2.05) is 24.6 Å². The average Bonchev–Trinajstić information content (AvgIpc) is 2.99. The van der Waals surface area contributed by atoms with Crippen LogP contribution in [0.25, 0.3) is 0 Å². The first-order valence-electron chi connectivity index (χ1n) is 12.5. The van der Waals surface area contributed by atoms with Gasteiger partial charge in [0.15, 0.2) is 22.4 Å². The van der Waals surface area contributed by atoms with Crippen LogP contribution in [-0.4, -0.2) is 61.9 Å². The van der Waals surface area contributed by atoms with Gasteiger partial charge in [-0.05, 0) is 56.2 Å². The first-order valence-corrected chi connectivity index (χ1v) is 18.3. The molecular formula is C25H47N3O4Si2. The Balaban J connectivity index is 1.99. The van der Waals surface area contributed by atoms with Gasteiger partial charge in [0.1, 0.15) is 11.9 Å². The number of likely N-dealkylation sites (tertiary alicyclic amines) is 1. The Hall–Kier alpha value is -1.30. The summed E-state index contributed by atoms with van der Waals surface area (Å²) in [6.45, 7) is 27.1. The Morgan fingerprint density at radius 2 is 1.68 bits per heavy atom. The van der Waals surface area contributed by atoms with Crippen molar-refractivity contribution in [1.29, 1.82) is 0 Å². The first-order chi connectivity index (χ1) is 15.3. The molecule has 194 valence electrons. The highest BCUT2D eigenvalue weighted by atomic mass is 28.4. The minimum Gasteiger partial charge on any atom is -0.415 e. The van der Waals surface area contributed by atoms with E-state index in [9.17, 15) is 9.59 Å². The summed E-state index contributed by atoms with van der Waals surface area (Å²) >= 11 is 0. The van der Waals surface area contributed by atoms with Crippen LogP contribution in [0.4, 0.5) is 0 Å². The van der Waals surface area contributed by atoms with Gasteiger partial charge in [-0.2, -0.15) is 5.10 Å². The molecule has 2 heterocycles. The van der Waals surface area contributed by atoms with E-state index in [-0.39, 0.29) is 40.5 Å². The van der Waals surface area contributed by atoms with Crippen molar-refractivity contribution in [2.24, 2.45) is 0 Å². The standard InChI is InChI=1S/C25H47N3O4Si2/c1-18-15-21(26-27(18)13-14-31-33(9,10)24(3,4)5)22(29)16-20-17-23(30)28(20)19(2)32-34(11,12)25(6,7)8/h15,19-20H,13-14,16-17H2,1-12H3/t19-,20-/m1/s1. The minimum atomic E-state index is -2.02. The van der Waals surface area contributed by atoms with Gasteiger partial charge in [-0.3, -0.25) is 14.3 Å². The van der Waals surface area contributed by atoms with E-state index < -0.39 is 16.6 Å². The lowest BCUT2D eigenvalue weighted by Crippen LogP contribution is -2.60. The van der Waals surface area contributed by atoms with Gasteiger partial charge in [0, 0.05) is 18.5 Å². The molecule has 2 rings (SSSR count). The van der Waals surface area contributed by atoms with Gasteiger partial charge >= 0.3 is 0 Å². The maximum Gasteiger partial charge on any atom is 0.226 e. The van der Waals surface area contributed by atoms with E-state index >= 15 is 0 Å². The van der Waals surface area contributed by atoms with E-state index in [2.05, 4.69) is 72.8 Å². The van der Waals surface area contributed by atoms with Crippen LogP contribution >= 0.6 is 0 Å². The van der Waals surface area contributed by atoms with Gasteiger partial charge in [-0.25, -0.2) is 0 Å². The van der Waals surface area contributed by atoms with E-state index in [1.165, 1.54) is 0 Å². The zero-order valence-electron chi connectivity index (χ0n) is 23.5. The van der Waals surface area contributed by atoms with Crippen molar-refractivity contribution in [2.45, 2.75) is 123 Å². The highest BCUT2D eigenvalue weighted by molar-refractivity contribution is 6.74. The van der Waals surface area contributed by atoms with E-state index in [0.29, 0.717) is 25.3 Å². The van der Waals surface area contributed by atoms with Crippen LogP contribution in [0, 0.1) is 6.92 Å². The number of amides is 1. The molecule has 1 aromatic rings. The number of carbonyl (C=O) groups is 2. The van der Waals surface area contributed by atoms with E-state index in [0.717, 1.165) is 5.69 Å². The van der Waals surface area contributed by atoms with Crippen LogP contribution in [0.1, 0.15) is 77.5 Å². The molecule has 1 aliphatic heterocycles. The number of β-lactam (4-membered cyclic amide) rings is 1. The third kappa shape index (κ3) is 6.47. The SMILES string of the molecule is Cc1cc(C(=O)C[C@@H]2CC(=O)N2[C@@H](C)O[Si](C)(C)C(C)(C)C)nn1CCO[Si](C)(C)C(C)(C)C. The largest absolute Gasteiger partial charge is 0.415 e. The molecule has 1 aliphatic rings. The molecule has 9 heteroatoms. The number of nitrogens with zero attached hydrogens (tertiary/aromatic N) is 3. The molecule has 2 atom stereocenters. The van der Waals surface area contributed by atoms with Crippen LogP contribution in [0.3, 0.4) is 0 Å². The Labute approximate surface area is 208 Å². The summed E-state index contributed by atoms with van der Waals surface area (Å²) < 4.78 is 14.5. The second-order valence-corrected chi connectivity index (χ2v) is 22.3. The van der Waals surface area contributed by atoms with Gasteiger partial charge in [0.05, 0.1) is 19.2 Å². The number of aryl methyl sites for hydroxylation is 1. The van der Waals surface area contributed by atoms with Crippen LogP contribution in [0.15, 0.2) is 6.07 Å². The fourth-order valence-corrected chi connectivity index (χ4v) is 5.98. The lowest BCUT2D eigenvalue weighted by atomic mass is 9.95. The fourth-order valence-electron chi connectivity index (χ4n) is 3.62. The summed E-state index contributed by atoms with van der Waals surface area (Å²) in [6, 6.07) is 1.71. The molecule has 0 saturated carbocycles. The molecule has 1 aromatic heterocycles. The van der Waals surface area contributed by atoms with Gasteiger partial charge in [0.25, 0.3) is 0 Å². The van der Waals surface area contributed by atoms with Crippen molar-refractivity contribution in [3.8, 4) is 0 Å². The first kappa shape index (κ1) is 28.9. The Kier molecular flexibility index (Phi) is 8.50. The lowest BCUT2D eigenvalue weighted by molar-refractivity contribution is -0.159. The third-order valence-corrected chi connectivity index (χ3v) is 17.1. The quantitative estimate of drug-likeness (QED) is 0.228. The van der Waals surface area contributed by atoms with Crippen molar-refractivity contribution in [2.75, 3.05) is 6.61 Å². The monoisotopic (exact) mass is 509 g/mol. The van der Waals surface area contributed by atoms with Crippen LogP contribution in [0.5, 0.6) is 0 Å². The summed E-state index contributed by atoms with van der Waals surface area (Å²) in [5, 5.41) is 4.77. The number of aromatic nitrogens is 2. The second-order valence-electron chi connectivity index (χ2n) is 12.8. The third-order valence-electron chi connectivity index (χ3n) is 8.01. The number of hydrogen-bond donors (Lipinski definition) is 0. The normalized spacial score (nSPS) is 18.8. The molecule has 0 unspecified atom stereocenters. The maximum atomic E-state index is 13.0. The predicted molar refractivity (Wildman–Crippen MR) is 142 cm³/mol. The number of hydrogen-bond acceptors (Lipinski definition) is 5. The molecule has 1 saturated heterocycles. The summed E-state index contributed by atoms with van der Waals surface area (Å²) in [7, 11) is -3.84. The zero-order valence-corrected chi connectivity index (χ0v) is 25.5. The Morgan fingerprint density at radius 3 is 2.18 bits per heavy atom. The molecule has 0 radical (unpaired) electrons. The maximum absolute atomic E-state index is 13.0.